The van der Waals surface area contributed by atoms with Crippen molar-refractivity contribution in [1.82, 2.24) is 15.0 Å². The zero-order valence-corrected chi connectivity index (χ0v) is 16.1. The van der Waals surface area contributed by atoms with Crippen LogP contribution in [0, 0.1) is 0 Å². The number of ether oxygens (including phenoxy) is 1. The van der Waals surface area contributed by atoms with Crippen LogP contribution in [0.25, 0.3) is 22.8 Å². The molecule has 3 rings (SSSR count). The van der Waals surface area contributed by atoms with Gasteiger partial charge in [0.15, 0.2) is 11.6 Å². The molecule has 0 aliphatic rings. The fourth-order valence-corrected chi connectivity index (χ4v) is 2.83. The van der Waals surface area contributed by atoms with E-state index < -0.39 is 17.8 Å². The van der Waals surface area contributed by atoms with Crippen molar-refractivity contribution in [3.63, 3.8) is 0 Å². The number of aromatic hydroxyl groups is 1. The lowest BCUT2D eigenvalue weighted by Gasteiger charge is -2.13. The van der Waals surface area contributed by atoms with Gasteiger partial charge in [-0.2, -0.15) is 23.1 Å². The fraction of sp³-hybridized carbons (Fsp3) is 0.250. The summed E-state index contributed by atoms with van der Waals surface area (Å²) in [4.78, 5) is 12.0. The molecule has 5 nitrogen and oxygen atoms in total. The van der Waals surface area contributed by atoms with E-state index in [1.807, 2.05) is 6.92 Å². The van der Waals surface area contributed by atoms with Crippen molar-refractivity contribution in [3.8, 4) is 34.5 Å². The first kappa shape index (κ1) is 20.9. The maximum Gasteiger partial charge on any atom is 0.416 e. The Hall–Kier alpha value is -2.87. The zero-order chi connectivity index (χ0) is 21.0. The molecule has 0 bridgehead atoms. The van der Waals surface area contributed by atoms with Gasteiger partial charge in [-0.25, -0.2) is 4.98 Å². The molecule has 0 fully saturated rings. The molecule has 1 aromatic heterocycles. The Morgan fingerprint density at radius 3 is 2.34 bits per heavy atom. The molecule has 152 valence electrons. The first-order chi connectivity index (χ1) is 13.8. The van der Waals surface area contributed by atoms with E-state index in [1.165, 1.54) is 12.1 Å². The molecular weight excluding hydrogens is 407 g/mol. The van der Waals surface area contributed by atoms with E-state index in [9.17, 15) is 18.3 Å². The predicted octanol–water partition coefficient (Wildman–Crippen LogP) is 5.76. The van der Waals surface area contributed by atoms with Crippen molar-refractivity contribution in [2.24, 2.45) is 0 Å². The van der Waals surface area contributed by atoms with Crippen LogP contribution in [0.5, 0.6) is 11.8 Å². The minimum absolute atomic E-state index is 0.0145. The second-order valence-corrected chi connectivity index (χ2v) is 6.58. The summed E-state index contributed by atoms with van der Waals surface area (Å²) in [5.41, 5.74) is -0.133. The Balaban J connectivity index is 2.02. The molecule has 0 radical (unpaired) electrons. The standard InChI is InChI=1S/C20H17ClF3N3O2/c1-2-3-11-29-15-6-4-5-14(21)16(15)18-25-17(26-19(28)27-18)12-7-9-13(10-8-12)20(22,23)24/h4-10H,2-3,11H2,1H3,(H,25,26,27,28). The number of halogens is 4. The Morgan fingerprint density at radius 1 is 1.00 bits per heavy atom. The highest BCUT2D eigenvalue weighted by atomic mass is 35.5. The zero-order valence-electron chi connectivity index (χ0n) is 15.4. The van der Waals surface area contributed by atoms with Gasteiger partial charge in [0.1, 0.15) is 5.75 Å². The van der Waals surface area contributed by atoms with Crippen LogP contribution in [-0.2, 0) is 6.18 Å². The lowest BCUT2D eigenvalue weighted by atomic mass is 10.1. The molecule has 0 spiro atoms. The number of alkyl halides is 3. The van der Waals surface area contributed by atoms with Crippen LogP contribution in [0.1, 0.15) is 25.3 Å². The number of unbranched alkanes of at least 4 members (excludes halogenated alkanes) is 1. The van der Waals surface area contributed by atoms with Gasteiger partial charge in [0.25, 0.3) is 0 Å². The van der Waals surface area contributed by atoms with Crippen LogP contribution in [0.15, 0.2) is 42.5 Å². The minimum atomic E-state index is -4.45. The van der Waals surface area contributed by atoms with Crippen molar-refractivity contribution >= 4 is 11.6 Å². The van der Waals surface area contributed by atoms with Gasteiger partial charge in [-0.15, -0.1) is 0 Å². The molecule has 0 saturated heterocycles. The molecule has 0 aliphatic heterocycles. The number of hydrogen-bond donors (Lipinski definition) is 1. The van der Waals surface area contributed by atoms with Crippen LogP contribution in [0.4, 0.5) is 13.2 Å². The molecule has 0 amide bonds. The molecule has 2 aromatic carbocycles. The average Bonchev–Trinajstić information content (AvgIpc) is 2.67. The summed E-state index contributed by atoms with van der Waals surface area (Å²) < 4.78 is 44.1. The van der Waals surface area contributed by atoms with Crippen LogP contribution in [-0.4, -0.2) is 26.7 Å². The molecule has 0 unspecified atom stereocenters. The van der Waals surface area contributed by atoms with Gasteiger partial charge < -0.3 is 9.84 Å². The van der Waals surface area contributed by atoms with Crippen LogP contribution in [0.2, 0.25) is 5.02 Å². The van der Waals surface area contributed by atoms with Gasteiger partial charge in [0.2, 0.25) is 0 Å². The molecular formula is C20H17ClF3N3O2. The summed E-state index contributed by atoms with van der Waals surface area (Å²) in [7, 11) is 0. The second-order valence-electron chi connectivity index (χ2n) is 6.17. The number of aromatic nitrogens is 3. The maximum absolute atomic E-state index is 12.8. The summed E-state index contributed by atoms with van der Waals surface area (Å²) in [5.74, 6) is 0.514. The molecule has 0 saturated carbocycles. The van der Waals surface area contributed by atoms with Gasteiger partial charge in [0.05, 0.1) is 22.8 Å². The molecule has 0 atom stereocenters. The van der Waals surface area contributed by atoms with Crippen molar-refractivity contribution in [3.05, 3.63) is 53.1 Å². The topological polar surface area (TPSA) is 68.1 Å². The third-order valence-electron chi connectivity index (χ3n) is 4.05. The molecule has 9 heteroatoms. The second kappa shape index (κ2) is 8.65. The van der Waals surface area contributed by atoms with E-state index in [2.05, 4.69) is 15.0 Å². The van der Waals surface area contributed by atoms with Crippen LogP contribution < -0.4 is 4.74 Å². The Kier molecular flexibility index (Phi) is 6.22. The largest absolute Gasteiger partial charge is 0.493 e. The van der Waals surface area contributed by atoms with E-state index in [0.717, 1.165) is 25.0 Å². The summed E-state index contributed by atoms with van der Waals surface area (Å²) in [6.45, 7) is 2.50. The lowest BCUT2D eigenvalue weighted by molar-refractivity contribution is -0.137. The van der Waals surface area contributed by atoms with Gasteiger partial charge in [-0.05, 0) is 30.7 Å². The summed E-state index contributed by atoms with van der Waals surface area (Å²) in [6.07, 6.45) is -2.67. The van der Waals surface area contributed by atoms with Crippen LogP contribution >= 0.6 is 11.6 Å². The smallest absolute Gasteiger partial charge is 0.416 e. The fourth-order valence-electron chi connectivity index (χ4n) is 2.58. The normalized spacial score (nSPS) is 11.5. The van der Waals surface area contributed by atoms with E-state index in [-0.39, 0.29) is 17.2 Å². The van der Waals surface area contributed by atoms with E-state index in [4.69, 9.17) is 16.3 Å². The molecule has 3 aromatic rings. The highest BCUT2D eigenvalue weighted by molar-refractivity contribution is 6.33. The van der Waals surface area contributed by atoms with Crippen LogP contribution in [0.3, 0.4) is 0 Å². The lowest BCUT2D eigenvalue weighted by Crippen LogP contribution is -2.04. The highest BCUT2D eigenvalue weighted by Gasteiger charge is 2.30. The molecule has 0 aliphatic carbocycles. The minimum Gasteiger partial charge on any atom is -0.493 e. The van der Waals surface area contributed by atoms with Crippen molar-refractivity contribution in [2.75, 3.05) is 6.61 Å². The SMILES string of the molecule is CCCCOc1cccc(Cl)c1-c1nc(O)nc(-c2ccc(C(F)(F)F)cc2)n1. The first-order valence-electron chi connectivity index (χ1n) is 8.84. The van der Waals surface area contributed by atoms with Crippen molar-refractivity contribution < 1.29 is 23.0 Å². The third kappa shape index (κ3) is 4.95. The summed E-state index contributed by atoms with van der Waals surface area (Å²) in [6, 6.07) is 8.77. The summed E-state index contributed by atoms with van der Waals surface area (Å²) in [5, 5.41) is 10.3. The highest BCUT2D eigenvalue weighted by Crippen LogP contribution is 2.36. The number of benzene rings is 2. The maximum atomic E-state index is 12.8. The van der Waals surface area contributed by atoms with E-state index >= 15 is 0 Å². The molecule has 1 N–H and O–H groups in total. The van der Waals surface area contributed by atoms with E-state index in [0.29, 0.717) is 22.9 Å². The van der Waals surface area contributed by atoms with Crippen molar-refractivity contribution in [2.45, 2.75) is 25.9 Å². The third-order valence-corrected chi connectivity index (χ3v) is 4.36. The Bertz CT molecular complexity index is 995. The molecule has 29 heavy (non-hydrogen) atoms. The van der Waals surface area contributed by atoms with Crippen molar-refractivity contribution in [1.29, 1.82) is 0 Å². The van der Waals surface area contributed by atoms with E-state index in [1.54, 1.807) is 18.2 Å². The summed E-state index contributed by atoms with van der Waals surface area (Å²) >= 11 is 6.31. The van der Waals surface area contributed by atoms with Gasteiger partial charge in [-0.3, -0.25) is 0 Å². The number of rotatable bonds is 6. The monoisotopic (exact) mass is 423 g/mol. The Labute approximate surface area is 170 Å². The quantitative estimate of drug-likeness (QED) is 0.510. The Morgan fingerprint density at radius 2 is 1.69 bits per heavy atom. The van der Waals surface area contributed by atoms with Gasteiger partial charge >= 0.3 is 12.2 Å². The number of nitrogens with zero attached hydrogens (tertiary/aromatic N) is 3. The van der Waals surface area contributed by atoms with Gasteiger partial charge in [-0.1, -0.05) is 43.1 Å². The average molecular weight is 424 g/mol. The number of hydrogen-bond acceptors (Lipinski definition) is 5. The molecule has 1 heterocycles. The first-order valence-corrected chi connectivity index (χ1v) is 9.21. The predicted molar refractivity (Wildman–Crippen MR) is 103 cm³/mol. The van der Waals surface area contributed by atoms with Gasteiger partial charge in [0, 0.05) is 5.56 Å².